The number of fused-ring (bicyclic) bond motifs is 1. The number of hydrogen-bond donors (Lipinski definition) is 0. The van der Waals surface area contributed by atoms with Gasteiger partial charge in [0.25, 0.3) is 0 Å². The molecule has 7 heteroatoms. The van der Waals surface area contributed by atoms with Crippen LogP contribution in [0.2, 0.25) is 10.3 Å². The van der Waals surface area contributed by atoms with Crippen molar-refractivity contribution in [3.63, 3.8) is 0 Å². The van der Waals surface area contributed by atoms with Crippen molar-refractivity contribution >= 4 is 28.8 Å². The maximum absolute atomic E-state index is 6.17. The van der Waals surface area contributed by atoms with Gasteiger partial charge in [-0.1, -0.05) is 29.3 Å². The summed E-state index contributed by atoms with van der Waals surface area (Å²) in [7, 11) is 3.19. The number of ether oxygens (including phenoxy) is 2. The smallest absolute Gasteiger partial charge is 0.166 e. The molecular formula is C15H13Cl2N3O2. The molecule has 0 amide bonds. The number of halogens is 2. The van der Waals surface area contributed by atoms with E-state index in [-0.39, 0.29) is 0 Å². The van der Waals surface area contributed by atoms with Crippen molar-refractivity contribution in [3.05, 3.63) is 40.3 Å². The second kappa shape index (κ2) is 5.66. The van der Waals surface area contributed by atoms with Crippen LogP contribution in [0.25, 0.3) is 16.8 Å². The lowest BCUT2D eigenvalue weighted by atomic mass is 10.1. The Bertz CT molecular complexity index is 862. The molecule has 0 spiro atoms. The molecule has 0 aliphatic rings. The first-order valence-corrected chi connectivity index (χ1v) is 7.24. The summed E-state index contributed by atoms with van der Waals surface area (Å²) in [5, 5.41) is 5.15. The van der Waals surface area contributed by atoms with Gasteiger partial charge in [0.05, 0.1) is 19.9 Å². The van der Waals surface area contributed by atoms with Crippen LogP contribution in [0.4, 0.5) is 0 Å². The molecule has 0 aliphatic carbocycles. The molecule has 2 heterocycles. The number of methoxy groups -OCH3 is 2. The number of rotatable bonds is 3. The highest BCUT2D eigenvalue weighted by atomic mass is 35.5. The Morgan fingerprint density at radius 2 is 1.77 bits per heavy atom. The third-order valence-corrected chi connectivity index (χ3v) is 3.82. The van der Waals surface area contributed by atoms with Gasteiger partial charge in [-0.05, 0) is 24.6 Å². The Labute approximate surface area is 137 Å². The van der Waals surface area contributed by atoms with E-state index in [2.05, 4.69) is 10.1 Å². The van der Waals surface area contributed by atoms with E-state index in [4.69, 9.17) is 32.7 Å². The van der Waals surface area contributed by atoms with Crippen LogP contribution in [0.5, 0.6) is 11.5 Å². The highest BCUT2D eigenvalue weighted by molar-refractivity contribution is 6.33. The molecule has 0 unspecified atom stereocenters. The summed E-state index contributed by atoms with van der Waals surface area (Å²) in [5.41, 5.74) is 3.15. The van der Waals surface area contributed by atoms with E-state index >= 15 is 0 Å². The molecule has 1 aromatic carbocycles. The van der Waals surface area contributed by atoms with Crippen molar-refractivity contribution in [1.82, 2.24) is 14.6 Å². The van der Waals surface area contributed by atoms with Gasteiger partial charge in [0, 0.05) is 11.6 Å². The zero-order valence-electron chi connectivity index (χ0n) is 12.2. The van der Waals surface area contributed by atoms with Gasteiger partial charge >= 0.3 is 0 Å². The third kappa shape index (κ3) is 2.36. The number of aromatic nitrogens is 3. The number of nitrogens with zero attached hydrogens (tertiary/aromatic N) is 3. The summed E-state index contributed by atoms with van der Waals surface area (Å²) in [4.78, 5) is 4.34. The molecule has 3 aromatic rings. The van der Waals surface area contributed by atoms with Crippen LogP contribution < -0.4 is 9.47 Å². The first kappa shape index (κ1) is 14.9. The molecule has 22 heavy (non-hydrogen) atoms. The summed E-state index contributed by atoms with van der Waals surface area (Å²) in [5.74, 6) is 1.29. The second-order valence-corrected chi connectivity index (χ2v) is 5.44. The minimum absolute atomic E-state index is 0.319. The highest BCUT2D eigenvalue weighted by Crippen LogP contribution is 2.36. The van der Waals surface area contributed by atoms with Crippen LogP contribution in [0.3, 0.4) is 0 Å². The maximum atomic E-state index is 6.17. The van der Waals surface area contributed by atoms with Crippen LogP contribution in [0.15, 0.2) is 24.3 Å². The van der Waals surface area contributed by atoms with E-state index < -0.39 is 0 Å². The normalized spacial score (nSPS) is 11.0. The predicted octanol–water partition coefficient (Wildman–Crippen LogP) is 4.03. The van der Waals surface area contributed by atoms with Gasteiger partial charge in [-0.15, -0.1) is 0 Å². The number of benzene rings is 1. The Morgan fingerprint density at radius 1 is 1.05 bits per heavy atom. The molecule has 2 aromatic heterocycles. The quantitative estimate of drug-likeness (QED) is 0.677. The standard InChI is InChI=1S/C15H13Cl2N3O2/c1-8-14(9-4-5-10(21-2)11(6-9)22-3)15-18-12(16)7-13(17)20(15)19-8/h4-7H,1-3H3. The van der Waals surface area contributed by atoms with E-state index in [9.17, 15) is 0 Å². The first-order valence-electron chi connectivity index (χ1n) is 6.49. The Hall–Kier alpha value is -1.98. The van der Waals surface area contributed by atoms with E-state index in [0.29, 0.717) is 27.5 Å². The van der Waals surface area contributed by atoms with Gasteiger partial charge < -0.3 is 9.47 Å². The lowest BCUT2D eigenvalue weighted by Crippen LogP contribution is -1.93. The number of aryl methyl sites for hydroxylation is 1. The van der Waals surface area contributed by atoms with Crippen molar-refractivity contribution in [2.24, 2.45) is 0 Å². The van der Waals surface area contributed by atoms with E-state index in [1.54, 1.807) is 24.8 Å². The molecule has 0 radical (unpaired) electrons. The fourth-order valence-electron chi connectivity index (χ4n) is 2.39. The summed E-state index contributed by atoms with van der Waals surface area (Å²) in [6.07, 6.45) is 0. The van der Waals surface area contributed by atoms with Crippen LogP contribution in [0, 0.1) is 6.92 Å². The van der Waals surface area contributed by atoms with Gasteiger partial charge in [-0.25, -0.2) is 9.50 Å². The first-order chi connectivity index (χ1) is 10.5. The minimum atomic E-state index is 0.319. The average molecular weight is 338 g/mol. The minimum Gasteiger partial charge on any atom is -0.493 e. The van der Waals surface area contributed by atoms with Gasteiger partial charge in [0.1, 0.15) is 10.3 Å². The van der Waals surface area contributed by atoms with Crippen molar-refractivity contribution < 1.29 is 9.47 Å². The lowest BCUT2D eigenvalue weighted by Gasteiger charge is -2.09. The molecule has 0 atom stereocenters. The molecule has 0 saturated heterocycles. The zero-order chi connectivity index (χ0) is 15.9. The lowest BCUT2D eigenvalue weighted by molar-refractivity contribution is 0.355. The van der Waals surface area contributed by atoms with E-state index in [0.717, 1.165) is 16.8 Å². The molecule has 0 aliphatic heterocycles. The van der Waals surface area contributed by atoms with Crippen molar-refractivity contribution in [1.29, 1.82) is 0 Å². The average Bonchev–Trinajstić information content (AvgIpc) is 2.83. The molecule has 114 valence electrons. The second-order valence-electron chi connectivity index (χ2n) is 4.67. The Kier molecular flexibility index (Phi) is 3.85. The summed E-state index contributed by atoms with van der Waals surface area (Å²) >= 11 is 12.2. The summed E-state index contributed by atoms with van der Waals surface area (Å²) in [6, 6.07) is 7.19. The number of hydrogen-bond acceptors (Lipinski definition) is 4. The monoisotopic (exact) mass is 337 g/mol. The Balaban J connectivity index is 2.28. The molecular weight excluding hydrogens is 325 g/mol. The maximum Gasteiger partial charge on any atom is 0.166 e. The van der Waals surface area contributed by atoms with Crippen LogP contribution >= 0.6 is 23.2 Å². The third-order valence-electron chi connectivity index (χ3n) is 3.36. The van der Waals surface area contributed by atoms with Gasteiger partial charge in [0.2, 0.25) is 0 Å². The molecule has 3 rings (SSSR count). The van der Waals surface area contributed by atoms with Crippen LogP contribution in [-0.4, -0.2) is 28.8 Å². The predicted molar refractivity (Wildman–Crippen MR) is 86.3 cm³/mol. The fraction of sp³-hybridized carbons (Fsp3) is 0.200. The van der Waals surface area contributed by atoms with Crippen molar-refractivity contribution in [3.8, 4) is 22.6 Å². The fourth-order valence-corrected chi connectivity index (χ4v) is 2.85. The zero-order valence-corrected chi connectivity index (χ0v) is 13.7. The highest BCUT2D eigenvalue weighted by Gasteiger charge is 2.17. The molecule has 0 N–H and O–H groups in total. The molecule has 0 saturated carbocycles. The van der Waals surface area contributed by atoms with E-state index in [1.807, 2.05) is 25.1 Å². The van der Waals surface area contributed by atoms with Crippen LogP contribution in [0.1, 0.15) is 5.69 Å². The van der Waals surface area contributed by atoms with Crippen molar-refractivity contribution in [2.75, 3.05) is 14.2 Å². The van der Waals surface area contributed by atoms with Crippen LogP contribution in [-0.2, 0) is 0 Å². The molecule has 5 nitrogen and oxygen atoms in total. The van der Waals surface area contributed by atoms with Crippen molar-refractivity contribution in [2.45, 2.75) is 6.92 Å². The largest absolute Gasteiger partial charge is 0.493 e. The van der Waals surface area contributed by atoms with Gasteiger partial charge in [-0.3, -0.25) is 0 Å². The molecule has 0 bridgehead atoms. The topological polar surface area (TPSA) is 48.7 Å². The van der Waals surface area contributed by atoms with Gasteiger partial charge in [-0.2, -0.15) is 5.10 Å². The SMILES string of the molecule is COc1ccc(-c2c(C)nn3c(Cl)cc(Cl)nc23)cc1OC. The van der Waals surface area contributed by atoms with Gasteiger partial charge in [0.15, 0.2) is 17.1 Å². The Morgan fingerprint density at radius 3 is 2.45 bits per heavy atom. The summed E-state index contributed by atoms with van der Waals surface area (Å²) in [6.45, 7) is 1.89. The molecule has 0 fully saturated rings. The van der Waals surface area contributed by atoms with E-state index in [1.165, 1.54) is 0 Å². The summed E-state index contributed by atoms with van der Waals surface area (Å²) < 4.78 is 12.2.